The predicted molar refractivity (Wildman–Crippen MR) is 78.1 cm³/mol. The summed E-state index contributed by atoms with van der Waals surface area (Å²) in [6.45, 7) is 1.78. The van der Waals surface area contributed by atoms with E-state index in [0.717, 1.165) is 5.56 Å². The highest BCUT2D eigenvalue weighted by molar-refractivity contribution is 7.71. The molecule has 0 unspecified atom stereocenters. The Balaban J connectivity index is 2.46. The van der Waals surface area contributed by atoms with E-state index in [2.05, 4.69) is 4.98 Å². The quantitative estimate of drug-likeness (QED) is 0.632. The topological polar surface area (TPSA) is 20.7 Å². The van der Waals surface area contributed by atoms with Gasteiger partial charge in [0.05, 0.1) is 21.7 Å². The first-order chi connectivity index (χ1) is 9.49. The molecular formula is C14H9ClF2N2S. The van der Waals surface area contributed by atoms with E-state index >= 15 is 0 Å². The van der Waals surface area contributed by atoms with E-state index in [1.54, 1.807) is 19.1 Å². The molecule has 0 spiro atoms. The third-order valence-electron chi connectivity index (χ3n) is 3.14. The van der Waals surface area contributed by atoms with E-state index in [9.17, 15) is 8.78 Å². The normalized spacial score (nSPS) is 11.2. The molecule has 0 amide bonds. The molecule has 1 N–H and O–H groups in total. The maximum Gasteiger partial charge on any atom is 0.182 e. The fraction of sp³-hybridized carbons (Fsp3) is 0.0714. The molecule has 2 nitrogen and oxygen atoms in total. The molecule has 0 aliphatic carbocycles. The van der Waals surface area contributed by atoms with Crippen LogP contribution in [0.3, 0.4) is 0 Å². The van der Waals surface area contributed by atoms with Crippen molar-refractivity contribution in [3.63, 3.8) is 0 Å². The SMILES string of the molecule is Cc1cccc(F)c1-n1c(=S)[nH]c2cc(F)c(Cl)cc21. The summed E-state index contributed by atoms with van der Waals surface area (Å²) >= 11 is 11.0. The lowest BCUT2D eigenvalue weighted by molar-refractivity contribution is 0.617. The van der Waals surface area contributed by atoms with E-state index in [0.29, 0.717) is 16.7 Å². The molecule has 1 aromatic heterocycles. The van der Waals surface area contributed by atoms with Crippen LogP contribution in [0.25, 0.3) is 16.7 Å². The molecule has 0 atom stereocenters. The third kappa shape index (κ3) is 1.94. The zero-order valence-electron chi connectivity index (χ0n) is 10.4. The van der Waals surface area contributed by atoms with Gasteiger partial charge in [-0.25, -0.2) is 8.78 Å². The molecule has 0 fully saturated rings. The molecule has 0 radical (unpaired) electrons. The van der Waals surface area contributed by atoms with E-state index < -0.39 is 11.6 Å². The number of aromatic amines is 1. The number of fused-ring (bicyclic) bond motifs is 1. The first kappa shape index (κ1) is 13.3. The minimum Gasteiger partial charge on any atom is -0.330 e. The highest BCUT2D eigenvalue weighted by atomic mass is 35.5. The summed E-state index contributed by atoms with van der Waals surface area (Å²) in [5.41, 5.74) is 2.07. The summed E-state index contributed by atoms with van der Waals surface area (Å²) in [6, 6.07) is 7.45. The van der Waals surface area contributed by atoms with Crippen molar-refractivity contribution in [1.82, 2.24) is 9.55 Å². The number of aryl methyl sites for hydroxylation is 1. The molecule has 6 heteroatoms. The highest BCUT2D eigenvalue weighted by Gasteiger charge is 2.14. The number of para-hydroxylation sites is 1. The number of nitrogens with one attached hydrogen (secondary N) is 1. The van der Waals surface area contributed by atoms with Crippen LogP contribution in [-0.2, 0) is 0 Å². The Morgan fingerprint density at radius 2 is 1.95 bits per heavy atom. The van der Waals surface area contributed by atoms with E-state index in [4.69, 9.17) is 23.8 Å². The molecule has 0 saturated heterocycles. The van der Waals surface area contributed by atoms with Gasteiger partial charge in [0.1, 0.15) is 11.6 Å². The van der Waals surface area contributed by atoms with Crippen molar-refractivity contribution in [2.24, 2.45) is 0 Å². The molecule has 0 aliphatic heterocycles. The van der Waals surface area contributed by atoms with Gasteiger partial charge in [-0.05, 0) is 36.8 Å². The Bertz CT molecular complexity index is 862. The zero-order valence-corrected chi connectivity index (χ0v) is 11.9. The maximum atomic E-state index is 14.1. The number of hydrogen-bond acceptors (Lipinski definition) is 1. The van der Waals surface area contributed by atoms with E-state index in [1.807, 2.05) is 0 Å². The van der Waals surface area contributed by atoms with E-state index in [1.165, 1.54) is 22.8 Å². The second-order valence-corrected chi connectivity index (χ2v) is 5.25. The number of aromatic nitrogens is 2. The highest BCUT2D eigenvalue weighted by Crippen LogP contribution is 2.27. The van der Waals surface area contributed by atoms with Crippen LogP contribution in [0.15, 0.2) is 30.3 Å². The van der Waals surface area contributed by atoms with Crippen LogP contribution in [0.1, 0.15) is 5.56 Å². The smallest absolute Gasteiger partial charge is 0.182 e. The largest absolute Gasteiger partial charge is 0.330 e. The second kappa shape index (κ2) is 4.68. The number of H-pyrrole nitrogens is 1. The Morgan fingerprint density at radius 3 is 2.65 bits per heavy atom. The number of nitrogens with zero attached hydrogens (tertiary/aromatic N) is 1. The van der Waals surface area contributed by atoms with Gasteiger partial charge in [0.25, 0.3) is 0 Å². The van der Waals surface area contributed by atoms with Gasteiger partial charge in [-0.3, -0.25) is 4.57 Å². The van der Waals surface area contributed by atoms with Crippen LogP contribution in [0, 0.1) is 23.3 Å². The Labute approximate surface area is 123 Å². The Morgan fingerprint density at radius 1 is 1.20 bits per heavy atom. The van der Waals surface area contributed by atoms with E-state index in [-0.39, 0.29) is 9.79 Å². The molecule has 3 aromatic rings. The molecule has 102 valence electrons. The molecule has 0 aliphatic rings. The van der Waals surface area contributed by atoms with Gasteiger partial charge in [0, 0.05) is 6.07 Å². The zero-order chi connectivity index (χ0) is 14.4. The lowest BCUT2D eigenvalue weighted by atomic mass is 10.2. The van der Waals surface area contributed by atoms with Gasteiger partial charge >= 0.3 is 0 Å². The van der Waals surface area contributed by atoms with Crippen molar-refractivity contribution in [3.05, 3.63) is 57.3 Å². The van der Waals surface area contributed by atoms with Gasteiger partial charge in [-0.2, -0.15) is 0 Å². The van der Waals surface area contributed by atoms with Crippen LogP contribution in [0.5, 0.6) is 0 Å². The fourth-order valence-corrected chi connectivity index (χ4v) is 2.69. The average molecular weight is 311 g/mol. The summed E-state index contributed by atoms with van der Waals surface area (Å²) in [5, 5.41) is -0.0331. The van der Waals surface area contributed by atoms with Crippen molar-refractivity contribution >= 4 is 34.9 Å². The maximum absolute atomic E-state index is 14.1. The first-order valence-corrected chi connectivity index (χ1v) is 6.63. The molecule has 2 aromatic carbocycles. The summed E-state index contributed by atoms with van der Waals surface area (Å²) in [5.74, 6) is -0.949. The van der Waals surface area contributed by atoms with Crippen molar-refractivity contribution in [1.29, 1.82) is 0 Å². The van der Waals surface area contributed by atoms with Crippen LogP contribution in [0.2, 0.25) is 5.02 Å². The average Bonchev–Trinajstić information content (AvgIpc) is 2.67. The van der Waals surface area contributed by atoms with Crippen molar-refractivity contribution in [2.75, 3.05) is 0 Å². The molecular weight excluding hydrogens is 302 g/mol. The number of imidazole rings is 1. The van der Waals surface area contributed by atoms with Crippen molar-refractivity contribution in [2.45, 2.75) is 6.92 Å². The molecule has 0 saturated carbocycles. The Hall–Kier alpha value is -1.72. The number of halogens is 3. The number of benzene rings is 2. The van der Waals surface area contributed by atoms with Crippen molar-refractivity contribution in [3.8, 4) is 5.69 Å². The van der Waals surface area contributed by atoms with Crippen LogP contribution >= 0.6 is 23.8 Å². The fourth-order valence-electron chi connectivity index (χ4n) is 2.23. The number of rotatable bonds is 1. The van der Waals surface area contributed by atoms with Crippen LogP contribution in [0.4, 0.5) is 8.78 Å². The first-order valence-electron chi connectivity index (χ1n) is 5.84. The van der Waals surface area contributed by atoms with Gasteiger partial charge in [-0.1, -0.05) is 23.7 Å². The third-order valence-corrected chi connectivity index (χ3v) is 3.71. The summed E-state index contributed by atoms with van der Waals surface area (Å²) in [6.07, 6.45) is 0. The van der Waals surface area contributed by atoms with Gasteiger partial charge in [0.15, 0.2) is 4.77 Å². The van der Waals surface area contributed by atoms with Gasteiger partial charge in [0.2, 0.25) is 0 Å². The summed E-state index contributed by atoms with van der Waals surface area (Å²) in [4.78, 5) is 2.86. The molecule has 1 heterocycles. The lowest BCUT2D eigenvalue weighted by Crippen LogP contribution is -2.00. The van der Waals surface area contributed by atoms with Crippen LogP contribution in [-0.4, -0.2) is 9.55 Å². The monoisotopic (exact) mass is 310 g/mol. The Kier molecular flexibility index (Phi) is 3.11. The standard InChI is InChI=1S/C14H9ClF2N2S/c1-7-3-2-4-9(16)13(7)19-12-5-8(15)10(17)6-11(12)18-14(19)20/h2-6H,1H3,(H,18,20). The minimum absolute atomic E-state index is 0.0331. The second-order valence-electron chi connectivity index (χ2n) is 4.45. The predicted octanol–water partition coefficient (Wildman–Crippen LogP) is 4.93. The van der Waals surface area contributed by atoms with Crippen LogP contribution < -0.4 is 0 Å². The minimum atomic E-state index is -0.548. The van der Waals surface area contributed by atoms with Gasteiger partial charge in [-0.15, -0.1) is 0 Å². The molecule has 3 rings (SSSR count). The summed E-state index contributed by atoms with van der Waals surface area (Å²) in [7, 11) is 0. The van der Waals surface area contributed by atoms with Gasteiger partial charge < -0.3 is 4.98 Å². The molecule has 0 bridgehead atoms. The molecule has 20 heavy (non-hydrogen) atoms. The van der Waals surface area contributed by atoms with Crippen molar-refractivity contribution < 1.29 is 8.78 Å². The number of hydrogen-bond donors (Lipinski definition) is 1. The lowest BCUT2D eigenvalue weighted by Gasteiger charge is -2.09. The summed E-state index contributed by atoms with van der Waals surface area (Å²) < 4.78 is 29.4.